The fraction of sp³-hybridized carbons (Fsp3) is 0.515. The molecule has 0 aromatic heterocycles. The van der Waals surface area contributed by atoms with Crippen molar-refractivity contribution in [3.63, 3.8) is 0 Å². The fourth-order valence-corrected chi connectivity index (χ4v) is 5.51. The van der Waals surface area contributed by atoms with Gasteiger partial charge in [0.05, 0.1) is 38.9 Å². The van der Waals surface area contributed by atoms with E-state index < -0.39 is 23.5 Å². The van der Waals surface area contributed by atoms with Crippen LogP contribution in [0.2, 0.25) is 0 Å². The summed E-state index contributed by atoms with van der Waals surface area (Å²) in [6, 6.07) is 9.46. The Bertz CT molecular complexity index is 1270. The van der Waals surface area contributed by atoms with Gasteiger partial charge in [-0.3, -0.25) is 9.59 Å². The van der Waals surface area contributed by atoms with E-state index in [1.165, 1.54) is 4.90 Å². The third-order valence-corrected chi connectivity index (χ3v) is 7.85. The maximum Gasteiger partial charge on any atom is 0.295 e. The lowest BCUT2D eigenvalue weighted by Crippen LogP contribution is -3.11. The molecule has 9 heteroatoms. The topological polar surface area (TPSA) is 102 Å². The zero-order valence-corrected chi connectivity index (χ0v) is 25.3. The van der Waals surface area contributed by atoms with Crippen LogP contribution in [0.5, 0.6) is 23.0 Å². The van der Waals surface area contributed by atoms with Crippen LogP contribution in [0.3, 0.4) is 0 Å². The van der Waals surface area contributed by atoms with Crippen molar-refractivity contribution in [2.24, 2.45) is 0 Å². The van der Waals surface area contributed by atoms with Crippen LogP contribution in [0, 0.1) is 0 Å². The highest BCUT2D eigenvalue weighted by atomic mass is 16.6. The molecule has 2 heterocycles. The Kier molecular flexibility index (Phi) is 11.1. The molecule has 0 saturated carbocycles. The van der Waals surface area contributed by atoms with Gasteiger partial charge in [0.2, 0.25) is 5.78 Å². The van der Waals surface area contributed by atoms with E-state index in [0.717, 1.165) is 38.9 Å². The molecule has 2 aliphatic rings. The summed E-state index contributed by atoms with van der Waals surface area (Å²) in [6.07, 6.45) is 3.79. The first kappa shape index (κ1) is 31.2. The number of nitrogens with one attached hydrogen (secondary N) is 1. The van der Waals surface area contributed by atoms with Crippen LogP contribution in [0.15, 0.2) is 42.0 Å². The summed E-state index contributed by atoms with van der Waals surface area (Å²) >= 11 is 0. The summed E-state index contributed by atoms with van der Waals surface area (Å²) in [6.45, 7) is 13.2. The minimum atomic E-state index is -0.842. The molecular formula is C33H44N2O7. The summed E-state index contributed by atoms with van der Waals surface area (Å²) in [5.74, 6) is 0.194. The second-order valence-electron chi connectivity index (χ2n) is 10.6. The number of carbonyl (C=O) groups excluding carboxylic acids is 2. The number of fused-ring (bicyclic) bond motifs is 1. The third-order valence-electron chi connectivity index (χ3n) is 7.85. The Hall–Kier alpha value is -3.72. The number of quaternary nitrogens is 1. The molecule has 2 aromatic rings. The number of amides is 1. The molecule has 0 aliphatic carbocycles. The molecule has 0 bridgehead atoms. The van der Waals surface area contributed by atoms with Gasteiger partial charge in [-0.05, 0) is 62.6 Å². The van der Waals surface area contributed by atoms with Crippen LogP contribution in [0.25, 0.3) is 5.76 Å². The van der Waals surface area contributed by atoms with Crippen molar-refractivity contribution in [1.29, 1.82) is 0 Å². The quantitative estimate of drug-likeness (QED) is 0.150. The fourth-order valence-electron chi connectivity index (χ4n) is 5.51. The third kappa shape index (κ3) is 7.01. The van der Waals surface area contributed by atoms with Crippen LogP contribution in [0.1, 0.15) is 70.5 Å². The molecule has 1 amide bonds. The van der Waals surface area contributed by atoms with E-state index in [-0.39, 0.29) is 11.1 Å². The lowest BCUT2D eigenvalue weighted by atomic mass is 9.94. The van der Waals surface area contributed by atoms with Gasteiger partial charge in [0.1, 0.15) is 13.2 Å². The van der Waals surface area contributed by atoms with Crippen molar-refractivity contribution in [2.75, 3.05) is 52.6 Å². The lowest BCUT2D eigenvalue weighted by Gasteiger charge is -2.29. The predicted octanol–water partition coefficient (Wildman–Crippen LogP) is 2.96. The highest BCUT2D eigenvalue weighted by Gasteiger charge is 2.44. The number of benzene rings is 2. The molecule has 9 nitrogen and oxygen atoms in total. The van der Waals surface area contributed by atoms with E-state index in [2.05, 4.69) is 20.8 Å². The van der Waals surface area contributed by atoms with E-state index in [0.29, 0.717) is 68.0 Å². The van der Waals surface area contributed by atoms with Crippen molar-refractivity contribution in [1.82, 2.24) is 4.90 Å². The van der Waals surface area contributed by atoms with Crippen molar-refractivity contribution in [3.8, 4) is 23.0 Å². The number of hydrogen-bond acceptors (Lipinski definition) is 7. The van der Waals surface area contributed by atoms with E-state index in [9.17, 15) is 14.7 Å². The summed E-state index contributed by atoms with van der Waals surface area (Å²) in [5.41, 5.74) is 0.844. The molecule has 2 aromatic carbocycles. The average molecular weight is 581 g/mol. The second kappa shape index (κ2) is 15.0. The van der Waals surface area contributed by atoms with Gasteiger partial charge in [0.25, 0.3) is 5.91 Å². The van der Waals surface area contributed by atoms with Gasteiger partial charge in [-0.1, -0.05) is 37.7 Å². The molecule has 1 atom stereocenters. The second-order valence-corrected chi connectivity index (χ2v) is 10.6. The minimum Gasteiger partial charge on any atom is -0.872 e. The minimum absolute atomic E-state index is 0.0640. The first-order chi connectivity index (χ1) is 20.4. The number of ketones is 1. The zero-order chi connectivity index (χ0) is 30.1. The zero-order valence-electron chi connectivity index (χ0n) is 25.3. The van der Waals surface area contributed by atoms with Crippen LogP contribution >= 0.6 is 0 Å². The Labute approximate surface area is 249 Å². The molecule has 0 spiro atoms. The molecule has 1 fully saturated rings. The SMILES string of the molecule is CCCCCOc1ccc(C2C(=C([O-])c3ccc4c(c3)OCCO4)C(=O)C(=O)N2CCC[NH+](CC)CC)cc1OCC. The Morgan fingerprint density at radius 1 is 0.929 bits per heavy atom. The van der Waals surface area contributed by atoms with Crippen molar-refractivity contribution < 1.29 is 38.5 Å². The van der Waals surface area contributed by atoms with Crippen molar-refractivity contribution >= 4 is 17.4 Å². The van der Waals surface area contributed by atoms with Gasteiger partial charge in [-0.25, -0.2) is 0 Å². The highest BCUT2D eigenvalue weighted by Crippen LogP contribution is 2.42. The molecular weight excluding hydrogens is 536 g/mol. The van der Waals surface area contributed by atoms with E-state index in [1.54, 1.807) is 29.2 Å². The summed E-state index contributed by atoms with van der Waals surface area (Å²) in [5, 5.41) is 14.0. The van der Waals surface area contributed by atoms with E-state index >= 15 is 0 Å². The Morgan fingerprint density at radius 2 is 1.69 bits per heavy atom. The van der Waals surface area contributed by atoms with Gasteiger partial charge >= 0.3 is 0 Å². The van der Waals surface area contributed by atoms with Gasteiger partial charge in [0, 0.05) is 18.5 Å². The van der Waals surface area contributed by atoms with Crippen LogP contribution in [-0.4, -0.2) is 69.2 Å². The summed E-state index contributed by atoms with van der Waals surface area (Å²) in [4.78, 5) is 29.9. The number of hydrogen-bond donors (Lipinski definition) is 1. The number of carbonyl (C=O) groups is 2. The average Bonchev–Trinajstić information content (AvgIpc) is 3.26. The highest BCUT2D eigenvalue weighted by molar-refractivity contribution is 6.46. The number of ether oxygens (including phenoxy) is 4. The van der Waals surface area contributed by atoms with Gasteiger partial charge in [0.15, 0.2) is 23.0 Å². The van der Waals surface area contributed by atoms with Gasteiger partial charge in [-0.15, -0.1) is 0 Å². The molecule has 0 radical (unpaired) electrons. The molecule has 4 rings (SSSR count). The number of rotatable bonds is 15. The van der Waals surface area contributed by atoms with Crippen LogP contribution < -0.4 is 29.0 Å². The van der Waals surface area contributed by atoms with Crippen molar-refractivity contribution in [2.45, 2.75) is 59.4 Å². The first-order valence-corrected chi connectivity index (χ1v) is 15.3. The molecule has 1 N–H and O–H groups in total. The Balaban J connectivity index is 1.74. The predicted molar refractivity (Wildman–Crippen MR) is 158 cm³/mol. The van der Waals surface area contributed by atoms with E-state index in [4.69, 9.17) is 18.9 Å². The van der Waals surface area contributed by atoms with Crippen LogP contribution in [-0.2, 0) is 9.59 Å². The summed E-state index contributed by atoms with van der Waals surface area (Å²) in [7, 11) is 0. The molecule has 42 heavy (non-hydrogen) atoms. The largest absolute Gasteiger partial charge is 0.872 e. The molecule has 1 unspecified atom stereocenters. The normalized spacial score (nSPS) is 17.6. The maximum absolute atomic E-state index is 14.0. The summed E-state index contributed by atoms with van der Waals surface area (Å²) < 4.78 is 23.2. The number of nitrogens with zero attached hydrogens (tertiary/aromatic N) is 1. The lowest BCUT2D eigenvalue weighted by molar-refractivity contribution is -0.896. The first-order valence-electron chi connectivity index (χ1n) is 15.3. The number of likely N-dealkylation sites (tertiary alicyclic amines) is 1. The number of Topliss-reactive ketones (excluding diaryl/α,β-unsaturated/α-hetero) is 1. The van der Waals surface area contributed by atoms with Gasteiger partial charge < -0.3 is 33.9 Å². The standard InChI is InChI=1S/C33H44N2O7/c1-5-9-10-18-40-25-14-12-23(21-27(25)39-8-4)30-29(31(36)24-13-15-26-28(22-24)42-20-19-41-26)32(37)33(38)35(30)17-11-16-34(6-2)7-3/h12-15,21-22,30,36H,5-11,16-20H2,1-4H3. The Morgan fingerprint density at radius 3 is 2.40 bits per heavy atom. The van der Waals surface area contributed by atoms with E-state index in [1.807, 2.05) is 19.1 Å². The maximum atomic E-state index is 14.0. The molecule has 1 saturated heterocycles. The van der Waals surface area contributed by atoms with Crippen LogP contribution in [0.4, 0.5) is 0 Å². The van der Waals surface area contributed by atoms with Gasteiger partial charge in [-0.2, -0.15) is 0 Å². The van der Waals surface area contributed by atoms with Crippen molar-refractivity contribution in [3.05, 3.63) is 53.1 Å². The number of unbranched alkanes of at least 4 members (excludes halogenated alkanes) is 2. The molecule has 2 aliphatic heterocycles. The monoisotopic (exact) mass is 580 g/mol. The smallest absolute Gasteiger partial charge is 0.295 e. The molecule has 228 valence electrons.